The van der Waals surface area contributed by atoms with Gasteiger partial charge in [0.1, 0.15) is 0 Å². The Balaban J connectivity index is 2.05. The third-order valence-electron chi connectivity index (χ3n) is 4.66. The summed E-state index contributed by atoms with van der Waals surface area (Å²) in [7, 11) is 0. The predicted octanol–water partition coefficient (Wildman–Crippen LogP) is 7.03. The van der Waals surface area contributed by atoms with Crippen LogP contribution in [0.4, 0.5) is 0 Å². The highest BCUT2D eigenvalue weighted by Gasteiger charge is 2.13. The lowest BCUT2D eigenvalue weighted by atomic mass is 10.1. The van der Waals surface area contributed by atoms with Gasteiger partial charge in [-0.3, -0.25) is 0 Å². The standard InChI is InChI=1S/C22H28O2S/c1-5-7-9-23-19-13-18-17-11-15(3)16(4)12-21(17)25-22(18)14-20(19)24-10-8-6-2/h11-14H,5-10H2,1-4H3. The van der Waals surface area contributed by atoms with Gasteiger partial charge in [0.05, 0.1) is 13.2 Å². The molecule has 3 heteroatoms. The first kappa shape index (κ1) is 18.1. The van der Waals surface area contributed by atoms with E-state index < -0.39 is 0 Å². The van der Waals surface area contributed by atoms with Crippen molar-refractivity contribution in [1.29, 1.82) is 0 Å². The van der Waals surface area contributed by atoms with E-state index in [2.05, 4.69) is 52.0 Å². The number of rotatable bonds is 8. The molecule has 0 atom stereocenters. The highest BCUT2D eigenvalue weighted by atomic mass is 32.1. The highest BCUT2D eigenvalue weighted by molar-refractivity contribution is 7.25. The summed E-state index contributed by atoms with van der Waals surface area (Å²) < 4.78 is 14.7. The molecule has 3 rings (SSSR count). The maximum atomic E-state index is 6.07. The van der Waals surface area contributed by atoms with Gasteiger partial charge < -0.3 is 9.47 Å². The molecule has 1 heterocycles. The summed E-state index contributed by atoms with van der Waals surface area (Å²) in [5.74, 6) is 1.77. The number of aryl methyl sites for hydroxylation is 2. The van der Waals surface area contributed by atoms with Gasteiger partial charge in [-0.2, -0.15) is 0 Å². The average molecular weight is 357 g/mol. The fraction of sp³-hybridized carbons (Fsp3) is 0.455. The lowest BCUT2D eigenvalue weighted by molar-refractivity contribution is 0.262. The Morgan fingerprint density at radius 1 is 0.720 bits per heavy atom. The largest absolute Gasteiger partial charge is 0.490 e. The van der Waals surface area contributed by atoms with Crippen LogP contribution in [0.25, 0.3) is 20.2 Å². The van der Waals surface area contributed by atoms with Crippen molar-refractivity contribution < 1.29 is 9.47 Å². The molecular weight excluding hydrogens is 328 g/mol. The molecule has 0 fully saturated rings. The van der Waals surface area contributed by atoms with Gasteiger partial charge in [-0.25, -0.2) is 0 Å². The summed E-state index contributed by atoms with van der Waals surface area (Å²) in [6.07, 6.45) is 4.40. The molecule has 1 aromatic heterocycles. The van der Waals surface area contributed by atoms with E-state index in [0.29, 0.717) is 0 Å². The van der Waals surface area contributed by atoms with Gasteiger partial charge in [-0.1, -0.05) is 26.7 Å². The van der Waals surface area contributed by atoms with Crippen LogP contribution >= 0.6 is 11.3 Å². The summed E-state index contributed by atoms with van der Waals surface area (Å²) in [6, 6.07) is 8.95. The van der Waals surface area contributed by atoms with Crippen LogP contribution in [-0.2, 0) is 0 Å². The van der Waals surface area contributed by atoms with Gasteiger partial charge in [-0.05, 0) is 56.0 Å². The Morgan fingerprint density at radius 3 is 1.88 bits per heavy atom. The van der Waals surface area contributed by atoms with Gasteiger partial charge in [0.25, 0.3) is 0 Å². The first-order chi connectivity index (χ1) is 12.1. The van der Waals surface area contributed by atoms with Crippen LogP contribution in [0, 0.1) is 13.8 Å². The van der Waals surface area contributed by atoms with Gasteiger partial charge in [0.2, 0.25) is 0 Å². The second-order valence-corrected chi connectivity index (χ2v) is 7.82. The fourth-order valence-corrected chi connectivity index (χ4v) is 4.11. The summed E-state index contributed by atoms with van der Waals surface area (Å²) >= 11 is 1.84. The molecule has 2 nitrogen and oxygen atoms in total. The van der Waals surface area contributed by atoms with Crippen molar-refractivity contribution in [2.45, 2.75) is 53.4 Å². The quantitative estimate of drug-likeness (QED) is 0.403. The molecule has 0 unspecified atom stereocenters. The summed E-state index contributed by atoms with van der Waals surface area (Å²) in [5.41, 5.74) is 2.68. The van der Waals surface area contributed by atoms with Gasteiger partial charge >= 0.3 is 0 Å². The zero-order valence-electron chi connectivity index (χ0n) is 15.8. The Bertz CT molecular complexity index is 863. The fourth-order valence-electron chi connectivity index (χ4n) is 2.92. The second-order valence-electron chi connectivity index (χ2n) is 6.73. The lowest BCUT2D eigenvalue weighted by Gasteiger charge is -2.13. The van der Waals surface area contributed by atoms with Gasteiger partial charge in [-0.15, -0.1) is 11.3 Å². The minimum atomic E-state index is 0.742. The monoisotopic (exact) mass is 356 g/mol. The minimum absolute atomic E-state index is 0.742. The number of ether oxygens (including phenoxy) is 2. The topological polar surface area (TPSA) is 18.5 Å². The molecule has 0 bridgehead atoms. The number of fused-ring (bicyclic) bond motifs is 3. The Labute approximate surface area is 154 Å². The molecule has 0 spiro atoms. The Hall–Kier alpha value is -1.74. The minimum Gasteiger partial charge on any atom is -0.490 e. The molecule has 0 saturated carbocycles. The van der Waals surface area contributed by atoms with Crippen LogP contribution in [0.3, 0.4) is 0 Å². The van der Waals surface area contributed by atoms with Crippen molar-refractivity contribution in [3.63, 3.8) is 0 Å². The summed E-state index contributed by atoms with van der Waals surface area (Å²) in [5, 5.41) is 2.60. The van der Waals surface area contributed by atoms with E-state index in [1.54, 1.807) is 0 Å². The number of thiophene rings is 1. The van der Waals surface area contributed by atoms with Crippen molar-refractivity contribution >= 4 is 31.5 Å². The molecule has 0 amide bonds. The molecule has 0 N–H and O–H groups in total. The maximum absolute atomic E-state index is 6.07. The normalized spacial score (nSPS) is 11.4. The molecule has 0 radical (unpaired) electrons. The smallest absolute Gasteiger partial charge is 0.162 e. The number of benzene rings is 2. The first-order valence-corrected chi connectivity index (χ1v) is 10.2. The van der Waals surface area contributed by atoms with Crippen LogP contribution in [0.15, 0.2) is 24.3 Å². The van der Waals surface area contributed by atoms with Crippen LogP contribution in [0.2, 0.25) is 0 Å². The van der Waals surface area contributed by atoms with Crippen LogP contribution in [0.5, 0.6) is 11.5 Å². The van der Waals surface area contributed by atoms with Gasteiger partial charge in [0, 0.05) is 26.2 Å². The molecule has 0 aliphatic carbocycles. The van der Waals surface area contributed by atoms with E-state index in [9.17, 15) is 0 Å². The van der Waals surface area contributed by atoms with Crippen molar-refractivity contribution in [3.05, 3.63) is 35.4 Å². The van der Waals surface area contributed by atoms with E-state index in [1.165, 1.54) is 31.3 Å². The van der Waals surface area contributed by atoms with E-state index >= 15 is 0 Å². The van der Waals surface area contributed by atoms with Crippen molar-refractivity contribution in [1.82, 2.24) is 0 Å². The molecule has 0 saturated heterocycles. The van der Waals surface area contributed by atoms with Crippen molar-refractivity contribution in [2.75, 3.05) is 13.2 Å². The van der Waals surface area contributed by atoms with Gasteiger partial charge in [0.15, 0.2) is 11.5 Å². The van der Waals surface area contributed by atoms with E-state index in [1.807, 2.05) is 11.3 Å². The highest BCUT2D eigenvalue weighted by Crippen LogP contribution is 2.41. The van der Waals surface area contributed by atoms with Crippen LogP contribution in [0.1, 0.15) is 50.7 Å². The number of unbranched alkanes of at least 4 members (excludes halogenated alkanes) is 2. The summed E-state index contributed by atoms with van der Waals surface area (Å²) in [4.78, 5) is 0. The number of hydrogen-bond acceptors (Lipinski definition) is 3. The molecule has 134 valence electrons. The van der Waals surface area contributed by atoms with Crippen molar-refractivity contribution in [3.8, 4) is 11.5 Å². The average Bonchev–Trinajstić information content (AvgIpc) is 2.92. The van der Waals surface area contributed by atoms with E-state index in [0.717, 1.165) is 50.4 Å². The molecule has 3 aromatic rings. The van der Waals surface area contributed by atoms with Crippen molar-refractivity contribution in [2.24, 2.45) is 0 Å². The Morgan fingerprint density at radius 2 is 1.24 bits per heavy atom. The van der Waals surface area contributed by atoms with Crippen LogP contribution < -0.4 is 9.47 Å². The molecule has 2 aromatic carbocycles. The third kappa shape index (κ3) is 3.92. The zero-order chi connectivity index (χ0) is 17.8. The SMILES string of the molecule is CCCCOc1cc2sc3cc(C)c(C)cc3c2cc1OCCCC. The second kappa shape index (κ2) is 8.09. The number of hydrogen-bond donors (Lipinski definition) is 0. The van der Waals surface area contributed by atoms with E-state index in [-0.39, 0.29) is 0 Å². The molecule has 0 aliphatic rings. The predicted molar refractivity (Wildman–Crippen MR) is 110 cm³/mol. The van der Waals surface area contributed by atoms with E-state index in [4.69, 9.17) is 9.47 Å². The zero-order valence-corrected chi connectivity index (χ0v) is 16.6. The molecule has 25 heavy (non-hydrogen) atoms. The first-order valence-electron chi connectivity index (χ1n) is 9.37. The third-order valence-corrected chi connectivity index (χ3v) is 5.78. The molecule has 0 aliphatic heterocycles. The van der Waals surface area contributed by atoms with Crippen LogP contribution in [-0.4, -0.2) is 13.2 Å². The lowest BCUT2D eigenvalue weighted by Crippen LogP contribution is -2.02. The molecular formula is C22H28O2S. The summed E-state index contributed by atoms with van der Waals surface area (Å²) in [6.45, 7) is 10.2. The Kier molecular flexibility index (Phi) is 5.85. The maximum Gasteiger partial charge on any atom is 0.162 e.